The SMILES string of the molecule is CCOP(C)(=S)S.N#CC1CCC(NC(=O)OCc2ccccc2)CC1.NC(=S)C1CCC(NC(=O)OCc2ccccc2)CC1. The topological polar surface area (TPSA) is 136 Å². The van der Waals surface area contributed by atoms with Gasteiger partial charge in [0, 0.05) is 30.5 Å². The molecule has 2 amide bonds. The summed E-state index contributed by atoms with van der Waals surface area (Å²) in [6, 6.07) is 21.8. The molecule has 0 spiro atoms. The predicted molar refractivity (Wildman–Crippen MR) is 194 cm³/mol. The van der Waals surface area contributed by atoms with E-state index in [1.807, 2.05) is 74.3 Å². The molecule has 1 unspecified atom stereocenters. The van der Waals surface area contributed by atoms with E-state index in [1.165, 1.54) is 0 Å². The molecule has 0 heterocycles. The minimum absolute atomic E-state index is 0.146. The van der Waals surface area contributed by atoms with Crippen LogP contribution in [0.1, 0.15) is 69.4 Å². The van der Waals surface area contributed by atoms with Gasteiger partial charge in [0.15, 0.2) is 0 Å². The van der Waals surface area contributed by atoms with Gasteiger partial charge in [-0.15, -0.1) is 12.2 Å². The lowest BCUT2D eigenvalue weighted by atomic mass is 9.86. The highest BCUT2D eigenvalue weighted by atomic mass is 32.9. The highest BCUT2D eigenvalue weighted by Gasteiger charge is 2.24. The molecular weight excluding hydrogens is 660 g/mol. The van der Waals surface area contributed by atoms with E-state index in [9.17, 15) is 9.59 Å². The van der Waals surface area contributed by atoms with E-state index in [0.717, 1.165) is 62.5 Å². The van der Waals surface area contributed by atoms with E-state index >= 15 is 0 Å². The van der Waals surface area contributed by atoms with Crippen LogP contribution >= 0.6 is 29.9 Å². The van der Waals surface area contributed by atoms with Gasteiger partial charge in [0.2, 0.25) is 0 Å². The summed E-state index contributed by atoms with van der Waals surface area (Å²) >= 11 is 13.9. The van der Waals surface area contributed by atoms with Crippen molar-refractivity contribution in [2.45, 2.75) is 83.6 Å². The molecule has 2 aromatic rings. The maximum atomic E-state index is 11.7. The summed E-state index contributed by atoms with van der Waals surface area (Å²) in [5.41, 5.74) is 5.97. The normalized spacial score (nSPS) is 21.6. The number of nitrogens with one attached hydrogen (secondary N) is 2. The highest BCUT2D eigenvalue weighted by molar-refractivity contribution is 8.61. The third-order valence-electron chi connectivity index (χ3n) is 7.48. The molecule has 0 bridgehead atoms. The highest BCUT2D eigenvalue weighted by Crippen LogP contribution is 2.47. The fraction of sp³-hybridized carbons (Fsp3) is 0.515. The van der Waals surface area contributed by atoms with Crippen molar-refractivity contribution in [3.05, 3.63) is 71.8 Å². The van der Waals surface area contributed by atoms with Crippen LogP contribution in [0.25, 0.3) is 0 Å². The molecule has 0 aromatic heterocycles. The van der Waals surface area contributed by atoms with Crippen molar-refractivity contribution >= 4 is 58.9 Å². The van der Waals surface area contributed by atoms with Crippen LogP contribution < -0.4 is 16.4 Å². The minimum Gasteiger partial charge on any atom is -0.445 e. The van der Waals surface area contributed by atoms with E-state index in [1.54, 1.807) is 0 Å². The molecule has 2 aliphatic carbocycles. The summed E-state index contributed by atoms with van der Waals surface area (Å²) in [5, 5.41) is 14.6. The maximum Gasteiger partial charge on any atom is 0.407 e. The van der Waals surface area contributed by atoms with Crippen molar-refractivity contribution in [2.24, 2.45) is 17.6 Å². The maximum absolute atomic E-state index is 11.7. The van der Waals surface area contributed by atoms with Crippen LogP contribution in [-0.4, -0.2) is 42.5 Å². The Morgan fingerprint density at radius 2 is 1.28 bits per heavy atom. The molecule has 252 valence electrons. The summed E-state index contributed by atoms with van der Waals surface area (Å²) in [7, 11) is 0. The lowest BCUT2D eigenvalue weighted by Crippen LogP contribution is -2.39. The number of thiol groups is 1. The van der Waals surface area contributed by atoms with Crippen LogP contribution in [0.3, 0.4) is 0 Å². The van der Waals surface area contributed by atoms with Gasteiger partial charge >= 0.3 is 12.2 Å². The first-order valence-electron chi connectivity index (χ1n) is 15.6. The van der Waals surface area contributed by atoms with Gasteiger partial charge in [-0.1, -0.05) is 84.7 Å². The molecule has 4 N–H and O–H groups in total. The van der Waals surface area contributed by atoms with Crippen molar-refractivity contribution in [1.82, 2.24) is 10.6 Å². The molecule has 4 rings (SSSR count). The number of carbonyl (C=O) groups is 2. The van der Waals surface area contributed by atoms with Crippen molar-refractivity contribution in [3.63, 3.8) is 0 Å². The second kappa shape index (κ2) is 22.0. The van der Waals surface area contributed by atoms with E-state index in [2.05, 4.69) is 29.0 Å². The Bertz CT molecular complexity index is 1280. The number of hydrogen-bond acceptors (Lipinski definition) is 8. The Labute approximate surface area is 289 Å². The van der Waals surface area contributed by atoms with Crippen molar-refractivity contribution in [1.29, 1.82) is 5.26 Å². The molecule has 0 saturated heterocycles. The van der Waals surface area contributed by atoms with E-state index < -0.39 is 5.47 Å². The summed E-state index contributed by atoms with van der Waals surface area (Å²) < 4.78 is 15.4. The van der Waals surface area contributed by atoms with Crippen LogP contribution in [0.4, 0.5) is 9.59 Å². The zero-order chi connectivity index (χ0) is 33.8. The van der Waals surface area contributed by atoms with Gasteiger partial charge in [-0.05, 0) is 76.1 Å². The Kier molecular flexibility index (Phi) is 18.9. The summed E-state index contributed by atoms with van der Waals surface area (Å²) in [4.78, 5) is 23.9. The standard InChI is InChI=1S/C15H20N2O2S.C15H18N2O2.C3H9OPS2/c16-14(20)12-6-8-13(9-7-12)17-15(18)19-10-11-4-2-1-3-5-11;16-10-12-6-8-14(9-7-12)17-15(18)19-11-13-4-2-1-3-5-13;1-3-4-5(2,6)7/h1-5,12-13H,6-10H2,(H2,16,20)(H,17,18);1-5,12,14H,6-9,11H2,(H,17,18);3H2,1-2H3,(H,6,7). The molecule has 0 aliphatic heterocycles. The molecule has 1 atom stereocenters. The second-order valence-electron chi connectivity index (χ2n) is 11.3. The third kappa shape index (κ3) is 17.9. The number of amides is 2. The molecule has 2 aromatic carbocycles. The minimum atomic E-state index is -1.64. The molecule has 2 aliphatic rings. The number of benzene rings is 2. The van der Waals surface area contributed by atoms with Gasteiger partial charge in [0.25, 0.3) is 0 Å². The van der Waals surface area contributed by atoms with Crippen molar-refractivity contribution in [2.75, 3.05) is 13.3 Å². The lowest BCUT2D eigenvalue weighted by molar-refractivity contribution is 0.131. The molecular formula is C33H47N4O5PS3. The molecule has 9 nitrogen and oxygen atoms in total. The first kappa shape index (κ1) is 39.5. The summed E-state index contributed by atoms with van der Waals surface area (Å²) in [5.74, 6) is 0.474. The Morgan fingerprint density at radius 3 is 1.61 bits per heavy atom. The fourth-order valence-corrected chi connectivity index (χ4v) is 6.37. The molecule has 2 saturated carbocycles. The van der Waals surface area contributed by atoms with Gasteiger partial charge in [-0.3, -0.25) is 0 Å². The number of nitrogens with two attached hydrogens (primary N) is 1. The molecule has 46 heavy (non-hydrogen) atoms. The average molecular weight is 707 g/mol. The Balaban J connectivity index is 0.000000267. The number of rotatable bonds is 9. The number of nitriles is 1. The lowest BCUT2D eigenvalue weighted by Gasteiger charge is -2.28. The number of thiocarbonyl (C=S) groups is 1. The predicted octanol–water partition coefficient (Wildman–Crippen LogP) is 7.64. The van der Waals surface area contributed by atoms with Crippen molar-refractivity contribution < 1.29 is 23.6 Å². The molecule has 13 heteroatoms. The Hall–Kier alpha value is -2.68. The fourth-order valence-electron chi connectivity index (χ4n) is 4.99. The van der Waals surface area contributed by atoms with Crippen LogP contribution in [0.2, 0.25) is 0 Å². The van der Waals surface area contributed by atoms with E-state index in [0.29, 0.717) is 30.7 Å². The average Bonchev–Trinajstić information content (AvgIpc) is 3.04. The quantitative estimate of drug-likeness (QED) is 0.118. The number of ether oxygens (including phenoxy) is 2. The second-order valence-corrected chi connectivity index (χ2v) is 18.8. The molecule has 2 fully saturated rings. The van der Waals surface area contributed by atoms with Gasteiger partial charge in [0.05, 0.1) is 11.1 Å². The first-order chi connectivity index (χ1) is 22.0. The van der Waals surface area contributed by atoms with Gasteiger partial charge in [0.1, 0.15) is 18.7 Å². The Morgan fingerprint density at radius 1 is 0.870 bits per heavy atom. The number of hydrogen-bond donors (Lipinski definition) is 4. The van der Waals surface area contributed by atoms with Crippen LogP contribution in [0.15, 0.2) is 60.7 Å². The number of alkyl carbamates (subject to hydrolysis) is 2. The van der Waals surface area contributed by atoms with Gasteiger partial charge < -0.3 is 30.4 Å². The first-order valence-corrected chi connectivity index (χ1v) is 20.3. The summed E-state index contributed by atoms with van der Waals surface area (Å²) in [6.45, 7) is 5.03. The number of nitrogens with zero attached hydrogens (tertiary/aromatic N) is 1. The zero-order valence-corrected chi connectivity index (χ0v) is 30.1. The zero-order valence-electron chi connectivity index (χ0n) is 26.6. The van der Waals surface area contributed by atoms with E-state index in [-0.39, 0.29) is 30.2 Å². The van der Waals surface area contributed by atoms with Gasteiger partial charge in [-0.25, -0.2) is 9.59 Å². The van der Waals surface area contributed by atoms with Crippen molar-refractivity contribution in [3.8, 4) is 6.07 Å². The third-order valence-corrected chi connectivity index (χ3v) is 9.21. The number of carbonyl (C=O) groups excluding carboxylic acids is 2. The summed E-state index contributed by atoms with van der Waals surface area (Å²) in [6.07, 6.45) is 6.41. The monoisotopic (exact) mass is 706 g/mol. The van der Waals surface area contributed by atoms with Crippen LogP contribution in [0, 0.1) is 23.2 Å². The van der Waals surface area contributed by atoms with E-state index in [4.69, 9.17) is 49.0 Å². The van der Waals surface area contributed by atoms with Crippen LogP contribution in [-0.2, 0) is 39.0 Å². The van der Waals surface area contributed by atoms with Crippen LogP contribution in [0.5, 0.6) is 0 Å². The molecule has 0 radical (unpaired) electrons. The largest absolute Gasteiger partial charge is 0.445 e. The smallest absolute Gasteiger partial charge is 0.407 e. The van der Waals surface area contributed by atoms with Gasteiger partial charge in [-0.2, -0.15) is 5.26 Å².